The van der Waals surface area contributed by atoms with Crippen molar-refractivity contribution in [2.75, 3.05) is 20.8 Å². The standard InChI is InChI=1S/C53H56F3NO7/c1-35-9-8-27-51(2)46(44-24-15-37(29-42(58)21-12-35)30-45(44)50(60)41-19-17-40(18-20-41)39-10-6-5-7-11-39)26-28-52(51,61)34-57(33-36-13-22-43(23-14-36)64-53(54,55)56)49(59)32-38-16-25-47(62-3)48(31-38)63-4/h5-7,9-11,13-20,22-25,30-31,42,46,58,61H,8,12,21,26-29,32-34H2,1-4H3. The first-order valence-electron chi connectivity index (χ1n) is 21.8. The Morgan fingerprint density at radius 2 is 1.50 bits per heavy atom. The summed E-state index contributed by atoms with van der Waals surface area (Å²) in [7, 11) is 3.03. The van der Waals surface area contributed by atoms with Gasteiger partial charge in [0.05, 0.1) is 38.9 Å². The van der Waals surface area contributed by atoms with E-state index in [9.17, 15) is 33.0 Å². The lowest BCUT2D eigenvalue weighted by atomic mass is 9.64. The Morgan fingerprint density at radius 3 is 2.19 bits per heavy atom. The van der Waals surface area contributed by atoms with E-state index < -0.39 is 23.5 Å². The van der Waals surface area contributed by atoms with Crippen LogP contribution in [0.2, 0.25) is 0 Å². The van der Waals surface area contributed by atoms with Crippen LogP contribution in [0.1, 0.15) is 96.5 Å². The summed E-state index contributed by atoms with van der Waals surface area (Å²) in [6, 6.07) is 34.0. The van der Waals surface area contributed by atoms with Crippen molar-refractivity contribution in [1.82, 2.24) is 4.90 Å². The average Bonchev–Trinajstić information content (AvgIpc) is 3.53. The van der Waals surface area contributed by atoms with Gasteiger partial charge in [-0.05, 0) is 121 Å². The summed E-state index contributed by atoms with van der Waals surface area (Å²) in [5.74, 6) is -0.206. The fourth-order valence-electron chi connectivity index (χ4n) is 9.64. The van der Waals surface area contributed by atoms with E-state index in [1.165, 1.54) is 38.5 Å². The van der Waals surface area contributed by atoms with Gasteiger partial charge in [0.2, 0.25) is 5.91 Å². The molecule has 2 bridgehead atoms. The maximum atomic E-state index is 14.8. The normalized spacial score (nSPS) is 21.3. The smallest absolute Gasteiger partial charge is 0.493 e. The zero-order valence-corrected chi connectivity index (χ0v) is 36.8. The first-order chi connectivity index (χ1) is 30.6. The number of carbonyl (C=O) groups excluding carboxylic acids is 2. The van der Waals surface area contributed by atoms with E-state index in [1.807, 2.05) is 79.7 Å². The van der Waals surface area contributed by atoms with E-state index in [2.05, 4.69) is 17.7 Å². The highest BCUT2D eigenvalue weighted by Gasteiger charge is 2.57. The third-order valence-electron chi connectivity index (χ3n) is 13.3. The first-order valence-corrected chi connectivity index (χ1v) is 21.8. The number of ketones is 1. The Balaban J connectivity index is 1.27. The Bertz CT molecular complexity index is 2450. The zero-order valence-electron chi connectivity index (χ0n) is 36.8. The molecule has 3 aliphatic rings. The van der Waals surface area contributed by atoms with Crippen molar-refractivity contribution in [3.05, 3.63) is 160 Å². The summed E-state index contributed by atoms with van der Waals surface area (Å²) in [6.07, 6.45) is 0.245. The maximum Gasteiger partial charge on any atom is 0.573 e. The monoisotopic (exact) mass is 875 g/mol. The van der Waals surface area contributed by atoms with Crippen molar-refractivity contribution in [3.63, 3.8) is 0 Å². The Morgan fingerprint density at radius 1 is 0.812 bits per heavy atom. The number of carbonyl (C=O) groups is 2. The van der Waals surface area contributed by atoms with Gasteiger partial charge in [0.15, 0.2) is 17.3 Å². The third-order valence-corrected chi connectivity index (χ3v) is 13.3. The Labute approximate surface area is 373 Å². The summed E-state index contributed by atoms with van der Waals surface area (Å²) in [5.41, 5.74) is 4.69. The van der Waals surface area contributed by atoms with Gasteiger partial charge in [-0.25, -0.2) is 0 Å². The number of hydrogen-bond donors (Lipinski definition) is 2. The van der Waals surface area contributed by atoms with E-state index in [-0.39, 0.29) is 42.9 Å². The van der Waals surface area contributed by atoms with Crippen molar-refractivity contribution < 1.29 is 47.2 Å². The van der Waals surface area contributed by atoms with E-state index in [0.717, 1.165) is 27.8 Å². The second kappa shape index (κ2) is 19.5. The van der Waals surface area contributed by atoms with Crippen LogP contribution in [0.5, 0.6) is 17.2 Å². The van der Waals surface area contributed by atoms with Gasteiger partial charge in [0.25, 0.3) is 0 Å². The SMILES string of the molecule is COc1ccc(CC(=O)N(Cc2ccc(OC(F)(F)F)cc2)CC2(O)CCC3c4ccc(cc4C(=O)c4ccc(-c5ccccc5)cc4)CC(O)CCC(C)=CCCC32C)cc1OC. The van der Waals surface area contributed by atoms with Crippen LogP contribution in [-0.4, -0.2) is 65.6 Å². The van der Waals surface area contributed by atoms with Crippen molar-refractivity contribution in [1.29, 1.82) is 0 Å². The molecular formula is C53H56F3NO7. The van der Waals surface area contributed by atoms with Crippen molar-refractivity contribution in [2.45, 2.75) is 95.7 Å². The molecule has 64 heavy (non-hydrogen) atoms. The molecule has 0 heterocycles. The molecule has 1 amide bonds. The summed E-state index contributed by atoms with van der Waals surface area (Å²) in [6.45, 7) is 4.03. The maximum absolute atomic E-state index is 14.8. The molecule has 2 N–H and O–H groups in total. The van der Waals surface area contributed by atoms with Gasteiger partial charge in [-0.2, -0.15) is 0 Å². The average molecular weight is 876 g/mol. The molecule has 1 fully saturated rings. The second-order valence-electron chi connectivity index (χ2n) is 17.5. The third kappa shape index (κ3) is 10.5. The summed E-state index contributed by atoms with van der Waals surface area (Å²) < 4.78 is 54.2. The van der Waals surface area contributed by atoms with Crippen molar-refractivity contribution >= 4 is 11.7 Å². The number of fused-ring (bicyclic) bond motifs is 8. The van der Waals surface area contributed by atoms with E-state index in [4.69, 9.17) is 9.47 Å². The summed E-state index contributed by atoms with van der Waals surface area (Å²) >= 11 is 0. The number of aliphatic hydroxyl groups excluding tert-OH is 1. The molecule has 5 aromatic carbocycles. The molecule has 1 saturated carbocycles. The number of benzene rings is 5. The number of amides is 1. The van der Waals surface area contributed by atoms with E-state index in [0.29, 0.717) is 78.7 Å². The van der Waals surface area contributed by atoms with Gasteiger partial charge >= 0.3 is 6.36 Å². The molecule has 11 heteroatoms. The molecule has 0 saturated heterocycles. The van der Waals surface area contributed by atoms with Crippen molar-refractivity contribution in [3.8, 4) is 28.4 Å². The molecule has 8 rings (SSSR count). The number of aliphatic hydroxyl groups is 2. The lowest BCUT2D eigenvalue weighted by molar-refractivity contribution is -0.274. The lowest BCUT2D eigenvalue weighted by Gasteiger charge is -2.46. The fourth-order valence-corrected chi connectivity index (χ4v) is 9.64. The highest BCUT2D eigenvalue weighted by atomic mass is 19.4. The fraction of sp³-hybridized carbons (Fsp3) is 0.358. The number of methoxy groups -OCH3 is 2. The van der Waals surface area contributed by atoms with Gasteiger partial charge in [0.1, 0.15) is 5.75 Å². The molecule has 336 valence electrons. The number of rotatable bonds is 12. The number of allylic oxidation sites excluding steroid dienone is 2. The first kappa shape index (κ1) is 46.1. The van der Waals surface area contributed by atoms with Crippen LogP contribution in [0.4, 0.5) is 13.2 Å². The van der Waals surface area contributed by atoms with Crippen LogP contribution in [-0.2, 0) is 24.2 Å². The predicted octanol–water partition coefficient (Wildman–Crippen LogP) is 10.8. The topological polar surface area (TPSA) is 106 Å². The quantitative estimate of drug-likeness (QED) is 0.0950. The van der Waals surface area contributed by atoms with Gasteiger partial charge in [-0.3, -0.25) is 9.59 Å². The van der Waals surface area contributed by atoms with E-state index in [1.54, 1.807) is 23.1 Å². The van der Waals surface area contributed by atoms with Crippen LogP contribution < -0.4 is 14.2 Å². The number of hydrogen-bond acceptors (Lipinski definition) is 7. The predicted molar refractivity (Wildman–Crippen MR) is 241 cm³/mol. The molecule has 5 aromatic rings. The van der Waals surface area contributed by atoms with Gasteiger partial charge in [-0.1, -0.05) is 104 Å². The molecule has 4 atom stereocenters. The summed E-state index contributed by atoms with van der Waals surface area (Å²) in [4.78, 5) is 30.9. The molecule has 8 nitrogen and oxygen atoms in total. The highest BCUT2D eigenvalue weighted by Crippen LogP contribution is 2.59. The number of ether oxygens (including phenoxy) is 3. The molecule has 3 aliphatic carbocycles. The molecule has 0 aliphatic heterocycles. The second-order valence-corrected chi connectivity index (χ2v) is 17.5. The molecule has 0 aromatic heterocycles. The minimum Gasteiger partial charge on any atom is -0.493 e. The Kier molecular flexibility index (Phi) is 14.0. The number of nitrogens with zero attached hydrogens (tertiary/aromatic N) is 1. The van der Waals surface area contributed by atoms with Crippen molar-refractivity contribution in [2.24, 2.45) is 5.41 Å². The Hall–Kier alpha value is -5.91. The van der Waals surface area contributed by atoms with Gasteiger partial charge in [0, 0.05) is 23.1 Å². The largest absolute Gasteiger partial charge is 0.573 e. The summed E-state index contributed by atoms with van der Waals surface area (Å²) in [5, 5.41) is 24.4. The minimum atomic E-state index is -4.86. The minimum absolute atomic E-state index is 0.000223. The zero-order chi connectivity index (χ0) is 45.6. The van der Waals surface area contributed by atoms with Gasteiger partial charge < -0.3 is 29.3 Å². The van der Waals surface area contributed by atoms with Crippen LogP contribution in [0.3, 0.4) is 0 Å². The van der Waals surface area contributed by atoms with Crippen LogP contribution >= 0.6 is 0 Å². The van der Waals surface area contributed by atoms with Gasteiger partial charge in [-0.15, -0.1) is 13.2 Å². The van der Waals surface area contributed by atoms with Crippen LogP contribution in [0.15, 0.2) is 127 Å². The number of alkyl halides is 3. The van der Waals surface area contributed by atoms with Crippen LogP contribution in [0.25, 0.3) is 11.1 Å². The molecule has 4 unspecified atom stereocenters. The van der Waals surface area contributed by atoms with E-state index >= 15 is 0 Å². The molecule has 0 spiro atoms. The van der Waals surface area contributed by atoms with Crippen LogP contribution in [0, 0.1) is 5.41 Å². The molecular weight excluding hydrogens is 820 g/mol. The lowest BCUT2D eigenvalue weighted by Crippen LogP contribution is -2.53. The molecule has 0 radical (unpaired) electrons. The number of halogens is 3. The highest BCUT2D eigenvalue weighted by molar-refractivity contribution is 6.10.